The minimum absolute atomic E-state index is 0.0530. The number of benzene rings is 1. The molecule has 0 aromatic heterocycles. The fourth-order valence-corrected chi connectivity index (χ4v) is 1.88. The summed E-state index contributed by atoms with van der Waals surface area (Å²) in [5, 5.41) is 11.7. The monoisotopic (exact) mass is 273 g/mol. The van der Waals surface area contributed by atoms with E-state index >= 15 is 0 Å². The predicted molar refractivity (Wildman–Crippen MR) is 81.4 cm³/mol. The van der Waals surface area contributed by atoms with Crippen LogP contribution in [-0.2, 0) is 0 Å². The topological polar surface area (TPSA) is 49.3 Å². The molecule has 2 N–H and O–H groups in total. The van der Waals surface area contributed by atoms with Crippen molar-refractivity contribution in [3.05, 3.63) is 35.4 Å². The van der Waals surface area contributed by atoms with Gasteiger partial charge in [-0.3, -0.25) is 4.79 Å². The Hall–Kier alpha value is -1.79. The quantitative estimate of drug-likeness (QED) is 0.783. The third kappa shape index (κ3) is 5.46. The summed E-state index contributed by atoms with van der Waals surface area (Å²) in [5.74, 6) is 6.27. The number of hydrogen-bond acceptors (Lipinski definition) is 2. The summed E-state index contributed by atoms with van der Waals surface area (Å²) in [6, 6.07) is 7.27. The summed E-state index contributed by atoms with van der Waals surface area (Å²) < 4.78 is 0. The lowest BCUT2D eigenvalue weighted by molar-refractivity contribution is 0.0946. The Morgan fingerprint density at radius 2 is 2.10 bits per heavy atom. The van der Waals surface area contributed by atoms with E-state index < -0.39 is 0 Å². The SMILES string of the molecule is CCC(CC)CNC(=O)c1cccc(C#CCCO)c1. The number of carbonyl (C=O) groups excluding carboxylic acids is 1. The van der Waals surface area contributed by atoms with Crippen molar-refractivity contribution in [2.45, 2.75) is 33.1 Å². The van der Waals surface area contributed by atoms with Gasteiger partial charge in [-0.2, -0.15) is 0 Å². The summed E-state index contributed by atoms with van der Waals surface area (Å²) >= 11 is 0. The van der Waals surface area contributed by atoms with E-state index in [2.05, 4.69) is 31.0 Å². The molecule has 1 rings (SSSR count). The van der Waals surface area contributed by atoms with Crippen LogP contribution in [0.25, 0.3) is 0 Å². The average Bonchev–Trinajstić information content (AvgIpc) is 2.48. The maximum Gasteiger partial charge on any atom is 0.251 e. The molecule has 0 atom stereocenters. The van der Waals surface area contributed by atoms with Crippen molar-refractivity contribution in [3.8, 4) is 11.8 Å². The number of hydrogen-bond donors (Lipinski definition) is 2. The fraction of sp³-hybridized carbons (Fsp3) is 0.471. The minimum atomic E-state index is -0.0530. The maximum atomic E-state index is 12.1. The Kier molecular flexibility index (Phi) is 7.46. The second-order valence-corrected chi connectivity index (χ2v) is 4.75. The normalized spacial score (nSPS) is 10.0. The van der Waals surface area contributed by atoms with Gasteiger partial charge in [-0.25, -0.2) is 0 Å². The molecule has 0 saturated carbocycles. The number of aliphatic hydroxyl groups excluding tert-OH is 1. The molecule has 0 unspecified atom stereocenters. The van der Waals surface area contributed by atoms with Crippen LogP contribution in [0.2, 0.25) is 0 Å². The Labute approximate surface area is 121 Å². The number of aliphatic hydroxyl groups is 1. The molecule has 108 valence electrons. The second-order valence-electron chi connectivity index (χ2n) is 4.75. The van der Waals surface area contributed by atoms with E-state index in [-0.39, 0.29) is 12.5 Å². The molecule has 0 bridgehead atoms. The molecule has 0 spiro atoms. The summed E-state index contributed by atoms with van der Waals surface area (Å²) in [6.07, 6.45) is 2.60. The van der Waals surface area contributed by atoms with Crippen LogP contribution < -0.4 is 5.32 Å². The largest absolute Gasteiger partial charge is 0.395 e. The van der Waals surface area contributed by atoms with Crippen LogP contribution in [0.5, 0.6) is 0 Å². The van der Waals surface area contributed by atoms with Gasteiger partial charge in [-0.1, -0.05) is 44.6 Å². The molecule has 0 aliphatic rings. The minimum Gasteiger partial charge on any atom is -0.395 e. The molecule has 0 aliphatic heterocycles. The molecule has 0 heterocycles. The first kappa shape index (κ1) is 16.3. The van der Waals surface area contributed by atoms with Crippen molar-refractivity contribution in [2.75, 3.05) is 13.2 Å². The number of amides is 1. The third-order valence-electron chi connectivity index (χ3n) is 3.30. The first-order chi connectivity index (χ1) is 9.71. The first-order valence-corrected chi connectivity index (χ1v) is 7.19. The molecule has 20 heavy (non-hydrogen) atoms. The Balaban J connectivity index is 2.65. The zero-order valence-corrected chi connectivity index (χ0v) is 12.3. The molecule has 0 radical (unpaired) electrons. The molecule has 1 amide bonds. The maximum absolute atomic E-state index is 12.1. The van der Waals surface area contributed by atoms with Crippen LogP contribution in [-0.4, -0.2) is 24.2 Å². The van der Waals surface area contributed by atoms with E-state index in [0.29, 0.717) is 24.4 Å². The van der Waals surface area contributed by atoms with Gasteiger partial charge in [0, 0.05) is 24.1 Å². The number of rotatable bonds is 6. The standard InChI is InChI=1S/C17H23NO2/c1-3-14(4-2)13-18-17(20)16-10-7-9-15(12-16)8-5-6-11-19/h7,9-10,12,14,19H,3-4,6,11,13H2,1-2H3,(H,18,20). The fourth-order valence-electron chi connectivity index (χ4n) is 1.88. The lowest BCUT2D eigenvalue weighted by Gasteiger charge is -2.13. The van der Waals surface area contributed by atoms with Crippen molar-refractivity contribution in [1.29, 1.82) is 0 Å². The summed E-state index contributed by atoms with van der Waals surface area (Å²) in [5.41, 5.74) is 1.43. The highest BCUT2D eigenvalue weighted by atomic mass is 16.2. The van der Waals surface area contributed by atoms with Gasteiger partial charge in [0.25, 0.3) is 5.91 Å². The zero-order valence-electron chi connectivity index (χ0n) is 12.3. The molecule has 3 nitrogen and oxygen atoms in total. The summed E-state index contributed by atoms with van der Waals surface area (Å²) in [4.78, 5) is 12.1. The predicted octanol–water partition coefficient (Wildman–Crippen LogP) is 2.59. The molecule has 1 aromatic rings. The van der Waals surface area contributed by atoms with Crippen LogP contribution in [0.4, 0.5) is 0 Å². The van der Waals surface area contributed by atoms with E-state index in [4.69, 9.17) is 5.11 Å². The van der Waals surface area contributed by atoms with E-state index in [1.165, 1.54) is 0 Å². The molecule has 0 fully saturated rings. The molecule has 1 aromatic carbocycles. The van der Waals surface area contributed by atoms with Crippen LogP contribution >= 0.6 is 0 Å². The third-order valence-corrected chi connectivity index (χ3v) is 3.30. The van der Waals surface area contributed by atoms with E-state index in [9.17, 15) is 4.79 Å². The van der Waals surface area contributed by atoms with Crippen LogP contribution in [0.3, 0.4) is 0 Å². The van der Waals surface area contributed by atoms with Crippen LogP contribution in [0.1, 0.15) is 49.0 Å². The van der Waals surface area contributed by atoms with Gasteiger partial charge >= 0.3 is 0 Å². The van der Waals surface area contributed by atoms with Gasteiger partial charge in [0.1, 0.15) is 0 Å². The van der Waals surface area contributed by atoms with Gasteiger partial charge in [-0.15, -0.1) is 0 Å². The lowest BCUT2D eigenvalue weighted by atomic mass is 10.0. The Bertz CT molecular complexity index is 481. The molecular weight excluding hydrogens is 250 g/mol. The van der Waals surface area contributed by atoms with Crippen molar-refractivity contribution in [3.63, 3.8) is 0 Å². The van der Waals surface area contributed by atoms with Crippen molar-refractivity contribution < 1.29 is 9.90 Å². The lowest BCUT2D eigenvalue weighted by Crippen LogP contribution is -2.28. The number of nitrogens with one attached hydrogen (secondary N) is 1. The van der Waals surface area contributed by atoms with Gasteiger partial charge in [0.2, 0.25) is 0 Å². The van der Waals surface area contributed by atoms with Gasteiger partial charge in [-0.05, 0) is 24.1 Å². The smallest absolute Gasteiger partial charge is 0.251 e. The Morgan fingerprint density at radius 3 is 2.75 bits per heavy atom. The molecule has 0 saturated heterocycles. The summed E-state index contributed by atoms with van der Waals surface area (Å²) in [6.45, 7) is 5.05. The number of carbonyl (C=O) groups is 1. The zero-order chi connectivity index (χ0) is 14.8. The summed E-state index contributed by atoms with van der Waals surface area (Å²) in [7, 11) is 0. The Morgan fingerprint density at radius 1 is 1.35 bits per heavy atom. The van der Waals surface area contributed by atoms with Gasteiger partial charge in [0.15, 0.2) is 0 Å². The molecule has 3 heteroatoms. The molecule has 0 aliphatic carbocycles. The second kappa shape index (κ2) is 9.17. The van der Waals surface area contributed by atoms with Crippen molar-refractivity contribution in [2.24, 2.45) is 5.92 Å². The van der Waals surface area contributed by atoms with Crippen molar-refractivity contribution >= 4 is 5.91 Å². The van der Waals surface area contributed by atoms with E-state index in [1.807, 2.05) is 12.1 Å². The van der Waals surface area contributed by atoms with Crippen LogP contribution in [0, 0.1) is 17.8 Å². The van der Waals surface area contributed by atoms with Gasteiger partial charge in [0.05, 0.1) is 6.61 Å². The highest BCUT2D eigenvalue weighted by Gasteiger charge is 2.08. The van der Waals surface area contributed by atoms with Crippen LogP contribution in [0.15, 0.2) is 24.3 Å². The highest BCUT2D eigenvalue weighted by Crippen LogP contribution is 2.07. The van der Waals surface area contributed by atoms with Crippen molar-refractivity contribution in [1.82, 2.24) is 5.32 Å². The molecular formula is C17H23NO2. The van der Waals surface area contributed by atoms with E-state index in [1.54, 1.807) is 12.1 Å². The first-order valence-electron chi connectivity index (χ1n) is 7.19. The van der Waals surface area contributed by atoms with E-state index in [0.717, 1.165) is 18.4 Å². The average molecular weight is 273 g/mol. The highest BCUT2D eigenvalue weighted by molar-refractivity contribution is 5.94. The van der Waals surface area contributed by atoms with Gasteiger partial charge < -0.3 is 10.4 Å².